The number of hydrogen-bond donors (Lipinski definition) is 3. The smallest absolute Gasteiger partial charge is 0.378 e. The summed E-state index contributed by atoms with van der Waals surface area (Å²) in [6, 6.07) is 0. The van der Waals surface area contributed by atoms with Crippen molar-refractivity contribution in [1.82, 2.24) is 5.32 Å². The van der Waals surface area contributed by atoms with Gasteiger partial charge in [0.2, 0.25) is 0 Å². The lowest BCUT2D eigenvalue weighted by Crippen LogP contribution is -2.30. The van der Waals surface area contributed by atoms with Gasteiger partial charge in [-0.05, 0) is 0 Å². The Bertz CT molecular complexity index is 145. The third-order valence-corrected chi connectivity index (χ3v) is 1.26. The van der Waals surface area contributed by atoms with Crippen molar-refractivity contribution in [3.05, 3.63) is 0 Å². The van der Waals surface area contributed by atoms with Crippen LogP contribution in [-0.2, 0) is 14.3 Å². The van der Waals surface area contributed by atoms with E-state index in [-0.39, 0.29) is 0 Å². The molecular formula is C7H17N3O4. The summed E-state index contributed by atoms with van der Waals surface area (Å²) in [5.41, 5.74) is 5.20. The Kier molecular flexibility index (Phi) is 9.54. The highest BCUT2D eigenvalue weighted by molar-refractivity contribution is 5.66. The highest BCUT2D eigenvalue weighted by Gasteiger charge is 1.96. The van der Waals surface area contributed by atoms with Crippen molar-refractivity contribution in [3.8, 4) is 0 Å². The second kappa shape index (κ2) is 10.2. The summed E-state index contributed by atoms with van der Waals surface area (Å²) in [4.78, 5) is 14.3. The first-order valence-corrected chi connectivity index (χ1v) is 4.31. The van der Waals surface area contributed by atoms with E-state index in [4.69, 9.17) is 15.2 Å². The molecule has 5 N–H and O–H groups in total. The van der Waals surface area contributed by atoms with Crippen molar-refractivity contribution in [1.29, 1.82) is 0 Å². The van der Waals surface area contributed by atoms with Gasteiger partial charge in [0.15, 0.2) is 0 Å². The molecule has 0 bridgehead atoms. The van der Waals surface area contributed by atoms with E-state index < -0.39 is 6.09 Å². The third kappa shape index (κ3) is 9.20. The minimum absolute atomic E-state index is 0.354. The predicted octanol–water partition coefficient (Wildman–Crippen LogP) is -1.42. The number of carbonyl (C=O) groups excluding carboxylic acids is 1. The van der Waals surface area contributed by atoms with Gasteiger partial charge in [-0.1, -0.05) is 0 Å². The molecule has 0 heterocycles. The van der Waals surface area contributed by atoms with Crippen LogP contribution in [0.2, 0.25) is 0 Å². The minimum atomic E-state index is -0.673. The van der Waals surface area contributed by atoms with Crippen LogP contribution in [0.15, 0.2) is 0 Å². The molecule has 0 saturated carbocycles. The molecule has 7 heteroatoms. The molecule has 0 unspecified atom stereocenters. The Morgan fingerprint density at radius 2 is 1.79 bits per heavy atom. The molecule has 0 aliphatic carbocycles. The van der Waals surface area contributed by atoms with Crippen LogP contribution < -0.4 is 16.9 Å². The average Bonchev–Trinajstić information content (AvgIpc) is 2.21. The van der Waals surface area contributed by atoms with Crippen molar-refractivity contribution in [2.24, 2.45) is 11.6 Å². The second-order valence-electron chi connectivity index (χ2n) is 2.35. The lowest BCUT2D eigenvalue weighted by Gasteiger charge is -2.05. The summed E-state index contributed by atoms with van der Waals surface area (Å²) in [5.74, 6) is 4.58. The fraction of sp³-hybridized carbons (Fsp3) is 0.857. The fourth-order valence-corrected chi connectivity index (χ4v) is 0.672. The van der Waals surface area contributed by atoms with Crippen molar-refractivity contribution < 1.29 is 19.1 Å². The summed E-state index contributed by atoms with van der Waals surface area (Å²) >= 11 is 0. The molecule has 0 rings (SSSR count). The van der Waals surface area contributed by atoms with E-state index >= 15 is 0 Å². The standard InChI is InChI=1S/C7H17N3O4/c8-1-3-12-5-6-13-4-2-10-7(11)14-9/h1-6,8-9H2,(H,10,11). The van der Waals surface area contributed by atoms with Crippen LogP contribution >= 0.6 is 0 Å². The molecule has 0 spiro atoms. The van der Waals surface area contributed by atoms with E-state index in [1.807, 2.05) is 0 Å². The lowest BCUT2D eigenvalue weighted by atomic mass is 10.6. The molecule has 7 nitrogen and oxygen atoms in total. The van der Waals surface area contributed by atoms with Gasteiger partial charge in [0.1, 0.15) is 0 Å². The molecule has 1 amide bonds. The van der Waals surface area contributed by atoms with Crippen LogP contribution in [0.4, 0.5) is 4.79 Å². The van der Waals surface area contributed by atoms with Crippen LogP contribution in [0, 0.1) is 0 Å². The van der Waals surface area contributed by atoms with Crippen LogP contribution in [0.25, 0.3) is 0 Å². The fourth-order valence-electron chi connectivity index (χ4n) is 0.672. The normalized spacial score (nSPS) is 9.86. The predicted molar refractivity (Wildman–Crippen MR) is 49.4 cm³/mol. The number of amides is 1. The zero-order chi connectivity index (χ0) is 10.6. The first-order chi connectivity index (χ1) is 6.81. The summed E-state index contributed by atoms with van der Waals surface area (Å²) in [6.45, 7) is 2.75. The summed E-state index contributed by atoms with van der Waals surface area (Å²) < 4.78 is 10.1. The van der Waals surface area contributed by atoms with Gasteiger partial charge in [0.25, 0.3) is 0 Å². The molecule has 0 aliphatic rings. The van der Waals surface area contributed by atoms with Gasteiger partial charge >= 0.3 is 6.09 Å². The first kappa shape index (κ1) is 13.1. The van der Waals surface area contributed by atoms with E-state index in [0.717, 1.165) is 0 Å². The van der Waals surface area contributed by atoms with Crippen molar-refractivity contribution in [2.45, 2.75) is 0 Å². The highest BCUT2D eigenvalue weighted by atomic mass is 16.7. The van der Waals surface area contributed by atoms with Gasteiger partial charge < -0.3 is 25.4 Å². The highest BCUT2D eigenvalue weighted by Crippen LogP contribution is 1.77. The second-order valence-corrected chi connectivity index (χ2v) is 2.35. The van der Waals surface area contributed by atoms with Gasteiger partial charge in [-0.25, -0.2) is 4.79 Å². The van der Waals surface area contributed by atoms with E-state index in [1.54, 1.807) is 0 Å². The monoisotopic (exact) mass is 207 g/mol. The summed E-state index contributed by atoms with van der Waals surface area (Å²) in [7, 11) is 0. The number of hydrogen-bond acceptors (Lipinski definition) is 6. The maximum absolute atomic E-state index is 10.4. The van der Waals surface area contributed by atoms with Crippen LogP contribution in [0.3, 0.4) is 0 Å². The molecule has 0 radical (unpaired) electrons. The summed E-state index contributed by atoms with van der Waals surface area (Å²) in [5, 5.41) is 2.36. The summed E-state index contributed by atoms with van der Waals surface area (Å²) in [6.07, 6.45) is -0.673. The van der Waals surface area contributed by atoms with Crippen molar-refractivity contribution in [2.75, 3.05) is 39.5 Å². The Morgan fingerprint density at radius 3 is 2.36 bits per heavy atom. The SMILES string of the molecule is NCCOCCOCCNC(=O)ON. The van der Waals surface area contributed by atoms with Crippen molar-refractivity contribution in [3.63, 3.8) is 0 Å². The molecule has 14 heavy (non-hydrogen) atoms. The number of nitrogens with one attached hydrogen (secondary N) is 1. The van der Waals surface area contributed by atoms with Gasteiger partial charge in [-0.15, -0.1) is 0 Å². The zero-order valence-electron chi connectivity index (χ0n) is 8.03. The molecule has 0 fully saturated rings. The number of carbonyl (C=O) groups is 1. The average molecular weight is 207 g/mol. The lowest BCUT2D eigenvalue weighted by molar-refractivity contribution is 0.0512. The third-order valence-electron chi connectivity index (χ3n) is 1.26. The number of rotatable bonds is 8. The number of ether oxygens (including phenoxy) is 2. The van der Waals surface area contributed by atoms with Gasteiger partial charge in [-0.3, -0.25) is 0 Å². The van der Waals surface area contributed by atoms with Crippen molar-refractivity contribution >= 4 is 6.09 Å². The zero-order valence-corrected chi connectivity index (χ0v) is 8.03. The molecule has 0 aromatic carbocycles. The quantitative estimate of drug-likeness (QED) is 0.333. The largest absolute Gasteiger partial charge is 0.425 e. The molecule has 84 valence electrons. The molecule has 0 atom stereocenters. The molecule has 0 saturated heterocycles. The Balaban J connectivity index is 2.95. The topological polar surface area (TPSA) is 109 Å². The van der Waals surface area contributed by atoms with Gasteiger partial charge in [0.05, 0.1) is 26.4 Å². The van der Waals surface area contributed by atoms with E-state index in [2.05, 4.69) is 16.1 Å². The van der Waals surface area contributed by atoms with Crippen LogP contribution in [-0.4, -0.2) is 45.6 Å². The molecule has 0 aromatic rings. The van der Waals surface area contributed by atoms with E-state index in [1.165, 1.54) is 0 Å². The van der Waals surface area contributed by atoms with Gasteiger partial charge in [-0.2, -0.15) is 5.90 Å². The molecular weight excluding hydrogens is 190 g/mol. The Morgan fingerprint density at radius 1 is 1.14 bits per heavy atom. The molecule has 0 aliphatic heterocycles. The van der Waals surface area contributed by atoms with Gasteiger partial charge in [0, 0.05) is 13.1 Å². The number of nitrogens with two attached hydrogens (primary N) is 2. The van der Waals surface area contributed by atoms with E-state index in [9.17, 15) is 4.79 Å². The van der Waals surface area contributed by atoms with Crippen LogP contribution in [0.5, 0.6) is 0 Å². The first-order valence-electron chi connectivity index (χ1n) is 4.31. The maximum atomic E-state index is 10.4. The Labute approximate surface area is 82.6 Å². The minimum Gasteiger partial charge on any atom is -0.378 e. The van der Waals surface area contributed by atoms with E-state index in [0.29, 0.717) is 39.5 Å². The Hall–Kier alpha value is -0.890. The van der Waals surface area contributed by atoms with Crippen LogP contribution in [0.1, 0.15) is 0 Å². The maximum Gasteiger partial charge on any atom is 0.425 e. The molecule has 0 aromatic heterocycles.